The second-order valence-electron chi connectivity index (χ2n) is 7.65. The lowest BCUT2D eigenvalue weighted by atomic mass is 9.90. The minimum absolute atomic E-state index is 0.0108. The molecule has 1 atom stereocenters. The summed E-state index contributed by atoms with van der Waals surface area (Å²) in [5, 5.41) is 31.0. The maximum atomic E-state index is 9.83. The van der Waals surface area contributed by atoms with Crippen molar-refractivity contribution in [3.63, 3.8) is 0 Å². The zero-order valence-electron chi connectivity index (χ0n) is 17.4. The summed E-state index contributed by atoms with van der Waals surface area (Å²) in [6.07, 6.45) is 0.688. The lowest BCUT2D eigenvalue weighted by Gasteiger charge is -2.21. The lowest BCUT2D eigenvalue weighted by Crippen LogP contribution is -2.30. The molecule has 0 aliphatic carbocycles. The van der Waals surface area contributed by atoms with Crippen LogP contribution >= 0.6 is 0 Å². The first-order valence-electron chi connectivity index (χ1n) is 9.89. The highest BCUT2D eigenvalue weighted by Gasteiger charge is 2.27. The molecule has 0 bridgehead atoms. The fraction of sp³-hybridized carbons (Fsp3) is 0.318. The third-order valence-corrected chi connectivity index (χ3v) is 5.52. The lowest BCUT2D eigenvalue weighted by molar-refractivity contribution is 0.260. The van der Waals surface area contributed by atoms with Crippen molar-refractivity contribution < 1.29 is 10.2 Å². The van der Waals surface area contributed by atoms with Gasteiger partial charge in [-0.2, -0.15) is 10.1 Å². The van der Waals surface area contributed by atoms with Crippen LogP contribution in [-0.4, -0.2) is 36.7 Å². The average molecular weight is 406 g/mol. The summed E-state index contributed by atoms with van der Waals surface area (Å²) >= 11 is 0. The van der Waals surface area contributed by atoms with Gasteiger partial charge in [0.05, 0.1) is 25.0 Å². The van der Waals surface area contributed by atoms with Gasteiger partial charge in [0.25, 0.3) is 5.95 Å². The number of fused-ring (bicyclic) bond motifs is 1. The first-order chi connectivity index (χ1) is 14.4. The van der Waals surface area contributed by atoms with Crippen LogP contribution < -0.4 is 10.7 Å². The summed E-state index contributed by atoms with van der Waals surface area (Å²) in [4.78, 5) is 4.57. The smallest absolute Gasteiger partial charge is 0.265 e. The van der Waals surface area contributed by atoms with Gasteiger partial charge in [-0.25, -0.2) is 5.01 Å². The normalized spacial score (nSPS) is 16.2. The molecule has 4 rings (SSSR count). The summed E-state index contributed by atoms with van der Waals surface area (Å²) in [6.45, 7) is 3.69. The Morgan fingerprint density at radius 3 is 2.37 bits per heavy atom. The van der Waals surface area contributed by atoms with E-state index in [1.807, 2.05) is 55.4 Å². The fourth-order valence-corrected chi connectivity index (χ4v) is 3.73. The molecular formula is C22H26N6O2. The zero-order valence-corrected chi connectivity index (χ0v) is 17.4. The molecule has 3 aromatic rings. The van der Waals surface area contributed by atoms with Crippen molar-refractivity contribution in [1.82, 2.24) is 14.8 Å². The molecule has 0 fully saturated rings. The number of rotatable bonds is 4. The topological polar surface area (TPSA) is 113 Å². The van der Waals surface area contributed by atoms with Crippen LogP contribution in [0.2, 0.25) is 0 Å². The molecule has 0 amide bonds. The van der Waals surface area contributed by atoms with Gasteiger partial charge in [0.2, 0.25) is 0 Å². The van der Waals surface area contributed by atoms with Crippen molar-refractivity contribution in [3.05, 3.63) is 70.0 Å². The van der Waals surface area contributed by atoms with Crippen molar-refractivity contribution in [2.24, 2.45) is 12.1 Å². The molecule has 4 N–H and O–H groups in total. The molecule has 156 valence electrons. The average Bonchev–Trinajstić information content (AvgIpc) is 2.99. The van der Waals surface area contributed by atoms with Crippen LogP contribution in [-0.2, 0) is 26.7 Å². The van der Waals surface area contributed by atoms with Gasteiger partial charge in [0, 0.05) is 23.9 Å². The maximum Gasteiger partial charge on any atom is 0.265 e. The number of aromatic nitrogens is 3. The third-order valence-electron chi connectivity index (χ3n) is 5.52. The van der Waals surface area contributed by atoms with E-state index < -0.39 is 0 Å². The number of aryl methyl sites for hydroxylation is 2. The van der Waals surface area contributed by atoms with E-state index >= 15 is 0 Å². The van der Waals surface area contributed by atoms with Gasteiger partial charge in [0.1, 0.15) is 5.82 Å². The van der Waals surface area contributed by atoms with Gasteiger partial charge in [-0.1, -0.05) is 18.2 Å². The Hall–Kier alpha value is -3.23. The van der Waals surface area contributed by atoms with Crippen LogP contribution in [0.5, 0.6) is 0 Å². The summed E-state index contributed by atoms with van der Waals surface area (Å²) in [5.74, 6) is 1.33. The molecule has 1 aromatic heterocycles. The minimum Gasteiger partial charge on any atom is -0.399 e. The van der Waals surface area contributed by atoms with Crippen LogP contribution in [0.4, 0.5) is 11.6 Å². The summed E-state index contributed by atoms with van der Waals surface area (Å²) in [6, 6.07) is 11.4. The Labute approximate surface area is 175 Å². The molecule has 2 heterocycles. The first-order valence-corrected chi connectivity index (χ1v) is 9.89. The number of benzene rings is 2. The minimum atomic E-state index is -0.154. The number of nitrogens with zero attached hydrogens (tertiary/aromatic N) is 5. The zero-order chi connectivity index (χ0) is 21.4. The number of hydrogen-bond acceptors (Lipinski definition) is 7. The van der Waals surface area contributed by atoms with E-state index in [0.717, 1.165) is 33.8 Å². The van der Waals surface area contributed by atoms with Crippen molar-refractivity contribution in [1.29, 1.82) is 0 Å². The molecule has 0 radical (unpaired) electrons. The highest BCUT2D eigenvalue weighted by molar-refractivity contribution is 6.14. The summed E-state index contributed by atoms with van der Waals surface area (Å²) < 4.78 is 1.73. The summed E-state index contributed by atoms with van der Waals surface area (Å²) in [5.41, 5.74) is 11.6. The van der Waals surface area contributed by atoms with Crippen LogP contribution in [0.3, 0.4) is 0 Å². The Morgan fingerprint density at radius 1 is 1.10 bits per heavy atom. The number of aliphatic hydroxyl groups excluding tert-OH is 2. The van der Waals surface area contributed by atoms with Crippen molar-refractivity contribution >= 4 is 17.3 Å². The Bertz CT molecular complexity index is 1080. The highest BCUT2D eigenvalue weighted by Crippen LogP contribution is 2.29. The van der Waals surface area contributed by atoms with Crippen molar-refractivity contribution in [2.45, 2.75) is 39.5 Å². The second kappa shape index (κ2) is 7.89. The van der Waals surface area contributed by atoms with E-state index in [4.69, 9.17) is 10.8 Å². The SMILES string of the molecule is Cc1nc(N2N=C(c3ccc(N)cc3)c3cc(CO)c(CO)cc3CC2C)nn1C. The van der Waals surface area contributed by atoms with E-state index in [2.05, 4.69) is 17.0 Å². The molecule has 0 saturated heterocycles. The van der Waals surface area contributed by atoms with Crippen LogP contribution in [0.1, 0.15) is 40.6 Å². The Kier molecular flexibility index (Phi) is 5.27. The number of nitrogens with two attached hydrogens (primary N) is 1. The molecule has 1 aliphatic rings. The number of aliphatic hydroxyl groups is 2. The molecule has 0 saturated carbocycles. The first kappa shape index (κ1) is 20.1. The monoisotopic (exact) mass is 406 g/mol. The standard InChI is InChI=1S/C22H26N6O2/c1-13-8-16-9-17(11-29)18(12-30)10-20(16)21(15-4-6-19(23)7-5-15)25-28(13)22-24-14(2)27(3)26-22/h4-7,9-10,13,29-30H,8,11-12,23H2,1-3H3. The number of hydrazone groups is 1. The predicted octanol–water partition coefficient (Wildman–Crippen LogP) is 1.89. The molecule has 8 nitrogen and oxygen atoms in total. The van der Waals surface area contributed by atoms with E-state index in [-0.39, 0.29) is 19.3 Å². The van der Waals surface area contributed by atoms with Gasteiger partial charge in [-0.15, -0.1) is 5.10 Å². The molecule has 30 heavy (non-hydrogen) atoms. The van der Waals surface area contributed by atoms with Crippen LogP contribution in [0.15, 0.2) is 41.5 Å². The maximum absolute atomic E-state index is 9.83. The summed E-state index contributed by atoms with van der Waals surface area (Å²) in [7, 11) is 1.86. The molecular weight excluding hydrogens is 380 g/mol. The Morgan fingerprint density at radius 2 is 1.77 bits per heavy atom. The predicted molar refractivity (Wildman–Crippen MR) is 116 cm³/mol. The molecule has 1 aliphatic heterocycles. The van der Waals surface area contributed by atoms with Gasteiger partial charge < -0.3 is 15.9 Å². The molecule has 8 heteroatoms. The van der Waals surface area contributed by atoms with Crippen LogP contribution in [0, 0.1) is 6.92 Å². The number of hydrogen-bond donors (Lipinski definition) is 3. The van der Waals surface area contributed by atoms with E-state index in [0.29, 0.717) is 23.6 Å². The van der Waals surface area contributed by atoms with E-state index in [9.17, 15) is 10.2 Å². The van der Waals surface area contributed by atoms with Gasteiger partial charge in [-0.05, 0) is 55.2 Å². The van der Waals surface area contributed by atoms with E-state index in [1.54, 1.807) is 4.68 Å². The van der Waals surface area contributed by atoms with E-state index in [1.165, 1.54) is 0 Å². The fourth-order valence-electron chi connectivity index (χ4n) is 3.73. The number of anilines is 2. The van der Waals surface area contributed by atoms with Crippen molar-refractivity contribution in [3.8, 4) is 0 Å². The quantitative estimate of drug-likeness (QED) is 0.571. The van der Waals surface area contributed by atoms with Gasteiger partial charge in [0.15, 0.2) is 0 Å². The second-order valence-corrected chi connectivity index (χ2v) is 7.65. The van der Waals surface area contributed by atoms with Crippen molar-refractivity contribution in [2.75, 3.05) is 10.7 Å². The molecule has 2 aromatic carbocycles. The Balaban J connectivity index is 1.94. The molecule has 1 unspecified atom stereocenters. The highest BCUT2D eigenvalue weighted by atomic mass is 16.3. The largest absolute Gasteiger partial charge is 0.399 e. The molecule has 0 spiro atoms. The number of nitrogen functional groups attached to an aromatic ring is 1. The van der Waals surface area contributed by atoms with Gasteiger partial charge >= 0.3 is 0 Å². The van der Waals surface area contributed by atoms with Gasteiger partial charge in [-0.3, -0.25) is 4.68 Å². The van der Waals surface area contributed by atoms with Crippen LogP contribution in [0.25, 0.3) is 0 Å². The third kappa shape index (κ3) is 3.55.